The van der Waals surface area contributed by atoms with Crippen molar-refractivity contribution >= 4 is 10.9 Å². The van der Waals surface area contributed by atoms with Crippen LogP contribution in [0.2, 0.25) is 0 Å². The van der Waals surface area contributed by atoms with Crippen molar-refractivity contribution in [3.8, 4) is 0 Å². The van der Waals surface area contributed by atoms with E-state index in [9.17, 15) is 9.18 Å². The van der Waals surface area contributed by atoms with Gasteiger partial charge in [0.2, 0.25) is 0 Å². The largest absolute Gasteiger partial charge is 0.321 e. The number of benzene rings is 1. The molecule has 0 saturated heterocycles. The molecule has 2 aromatic rings. The van der Waals surface area contributed by atoms with Crippen molar-refractivity contribution < 1.29 is 4.39 Å². The van der Waals surface area contributed by atoms with Gasteiger partial charge in [0.05, 0.1) is 16.9 Å². The van der Waals surface area contributed by atoms with E-state index >= 15 is 0 Å². The highest BCUT2D eigenvalue weighted by atomic mass is 19.1. The first-order valence-electron chi connectivity index (χ1n) is 5.12. The zero-order valence-electron chi connectivity index (χ0n) is 8.48. The average Bonchev–Trinajstić information content (AvgIpc) is 2.63. The molecule has 0 saturated carbocycles. The Labute approximate surface area is 90.5 Å². The summed E-state index contributed by atoms with van der Waals surface area (Å²) in [5.41, 5.74) is 6.15. The highest BCUT2D eigenvalue weighted by molar-refractivity contribution is 5.77. The third kappa shape index (κ3) is 1.18. The molecule has 4 nitrogen and oxygen atoms in total. The Morgan fingerprint density at radius 3 is 3.12 bits per heavy atom. The molecule has 1 aromatic carbocycles. The number of hydrogen-bond donors (Lipinski definition) is 1. The van der Waals surface area contributed by atoms with Crippen LogP contribution in [0.3, 0.4) is 0 Å². The van der Waals surface area contributed by atoms with E-state index in [1.807, 2.05) is 0 Å². The quantitative estimate of drug-likeness (QED) is 0.717. The number of aromatic nitrogens is 2. The molecule has 1 aromatic heterocycles. The fraction of sp³-hybridized carbons (Fsp3) is 0.273. The lowest BCUT2D eigenvalue weighted by Crippen LogP contribution is -2.22. The molecule has 3 rings (SSSR count). The Balaban J connectivity index is 2.44. The van der Waals surface area contributed by atoms with Crippen LogP contribution in [0.4, 0.5) is 4.39 Å². The zero-order chi connectivity index (χ0) is 11.3. The second-order valence-corrected chi connectivity index (χ2v) is 3.98. The molecule has 0 fully saturated rings. The van der Waals surface area contributed by atoms with E-state index in [4.69, 9.17) is 5.73 Å². The van der Waals surface area contributed by atoms with Crippen LogP contribution in [0.1, 0.15) is 18.3 Å². The van der Waals surface area contributed by atoms with Gasteiger partial charge in [0.25, 0.3) is 5.56 Å². The van der Waals surface area contributed by atoms with Gasteiger partial charge in [0.1, 0.15) is 11.6 Å². The predicted octanol–water partition coefficient (Wildman–Crippen LogP) is 0.939. The Bertz CT molecular complexity index is 635. The summed E-state index contributed by atoms with van der Waals surface area (Å²) in [7, 11) is 0. The van der Waals surface area contributed by atoms with Crippen LogP contribution < -0.4 is 11.3 Å². The molecule has 1 aliphatic heterocycles. The second kappa shape index (κ2) is 3.12. The smallest absolute Gasteiger partial charge is 0.261 e. The third-order valence-corrected chi connectivity index (χ3v) is 2.94. The van der Waals surface area contributed by atoms with Gasteiger partial charge in [-0.3, -0.25) is 9.36 Å². The van der Waals surface area contributed by atoms with Crippen molar-refractivity contribution in [3.05, 3.63) is 40.2 Å². The van der Waals surface area contributed by atoms with Gasteiger partial charge < -0.3 is 5.73 Å². The maximum absolute atomic E-state index is 13.0. The normalized spacial score (nSPS) is 19.0. The van der Waals surface area contributed by atoms with Gasteiger partial charge in [-0.05, 0) is 24.6 Å². The Morgan fingerprint density at radius 1 is 1.50 bits per heavy atom. The lowest BCUT2D eigenvalue weighted by Gasteiger charge is -2.06. The first-order valence-corrected chi connectivity index (χ1v) is 5.12. The molecular weight excluding hydrogens is 209 g/mol. The van der Waals surface area contributed by atoms with E-state index in [1.54, 1.807) is 0 Å². The van der Waals surface area contributed by atoms with Crippen LogP contribution in [-0.2, 0) is 6.54 Å². The molecule has 82 valence electrons. The van der Waals surface area contributed by atoms with Gasteiger partial charge in [-0.25, -0.2) is 9.37 Å². The van der Waals surface area contributed by atoms with Crippen LogP contribution in [0.5, 0.6) is 0 Å². The minimum atomic E-state index is -0.422. The van der Waals surface area contributed by atoms with E-state index < -0.39 is 5.82 Å². The van der Waals surface area contributed by atoms with Crippen LogP contribution >= 0.6 is 0 Å². The molecule has 5 heteroatoms. The number of hydrogen-bond acceptors (Lipinski definition) is 3. The minimum absolute atomic E-state index is 0.192. The lowest BCUT2D eigenvalue weighted by atomic mass is 10.2. The van der Waals surface area contributed by atoms with Crippen molar-refractivity contribution in [2.75, 3.05) is 0 Å². The van der Waals surface area contributed by atoms with E-state index in [-0.39, 0.29) is 11.6 Å². The van der Waals surface area contributed by atoms with Gasteiger partial charge in [-0.15, -0.1) is 0 Å². The van der Waals surface area contributed by atoms with E-state index in [0.29, 0.717) is 29.7 Å². The first kappa shape index (κ1) is 9.47. The van der Waals surface area contributed by atoms with E-state index in [1.165, 1.54) is 22.8 Å². The summed E-state index contributed by atoms with van der Waals surface area (Å²) in [4.78, 5) is 16.3. The van der Waals surface area contributed by atoms with Gasteiger partial charge >= 0.3 is 0 Å². The summed E-state index contributed by atoms with van der Waals surface area (Å²) in [6, 6.07) is 3.84. The topological polar surface area (TPSA) is 60.9 Å². The van der Waals surface area contributed by atoms with Gasteiger partial charge in [-0.1, -0.05) is 0 Å². The molecule has 16 heavy (non-hydrogen) atoms. The first-order chi connectivity index (χ1) is 7.66. The molecule has 0 radical (unpaired) electrons. The predicted molar refractivity (Wildman–Crippen MR) is 57.5 cm³/mol. The van der Waals surface area contributed by atoms with Crippen LogP contribution in [-0.4, -0.2) is 9.55 Å². The number of rotatable bonds is 0. The summed E-state index contributed by atoms with van der Waals surface area (Å²) in [6.07, 6.45) is 0.709. The number of halogens is 1. The summed E-state index contributed by atoms with van der Waals surface area (Å²) in [5.74, 6) is 0.179. The molecule has 1 aliphatic rings. The molecule has 0 amide bonds. The van der Waals surface area contributed by atoms with Crippen molar-refractivity contribution in [1.29, 1.82) is 0 Å². The highest BCUT2D eigenvalue weighted by Crippen LogP contribution is 2.21. The van der Waals surface area contributed by atoms with E-state index in [0.717, 1.165) is 0 Å². The third-order valence-electron chi connectivity index (χ3n) is 2.94. The zero-order valence-corrected chi connectivity index (χ0v) is 8.48. The maximum Gasteiger partial charge on any atom is 0.261 e. The van der Waals surface area contributed by atoms with Crippen LogP contribution in [0.25, 0.3) is 10.9 Å². The molecule has 0 aliphatic carbocycles. The van der Waals surface area contributed by atoms with Gasteiger partial charge in [0.15, 0.2) is 0 Å². The fourth-order valence-electron chi connectivity index (χ4n) is 2.11. The molecule has 1 unspecified atom stereocenters. The summed E-state index contributed by atoms with van der Waals surface area (Å²) >= 11 is 0. The Hall–Kier alpha value is -1.75. The van der Waals surface area contributed by atoms with Crippen LogP contribution in [0.15, 0.2) is 23.0 Å². The lowest BCUT2D eigenvalue weighted by molar-refractivity contribution is 0.628. The summed E-state index contributed by atoms with van der Waals surface area (Å²) in [6.45, 7) is 0.564. The van der Waals surface area contributed by atoms with Gasteiger partial charge in [0, 0.05) is 6.54 Å². The van der Waals surface area contributed by atoms with Crippen molar-refractivity contribution in [2.45, 2.75) is 19.0 Å². The molecule has 2 N–H and O–H groups in total. The van der Waals surface area contributed by atoms with Crippen molar-refractivity contribution in [3.63, 3.8) is 0 Å². The second-order valence-electron chi connectivity index (χ2n) is 3.98. The van der Waals surface area contributed by atoms with Crippen molar-refractivity contribution in [1.82, 2.24) is 9.55 Å². The summed E-state index contributed by atoms with van der Waals surface area (Å²) in [5, 5.41) is 0.317. The fourth-order valence-corrected chi connectivity index (χ4v) is 2.11. The Kier molecular flexibility index (Phi) is 1.85. The summed E-state index contributed by atoms with van der Waals surface area (Å²) < 4.78 is 14.6. The molecule has 2 heterocycles. The molecule has 1 atom stereocenters. The van der Waals surface area contributed by atoms with Crippen molar-refractivity contribution in [2.24, 2.45) is 5.73 Å². The molecular formula is C11H10FN3O. The van der Waals surface area contributed by atoms with Crippen LogP contribution in [0, 0.1) is 5.82 Å². The number of fused-ring (bicyclic) bond motifs is 2. The maximum atomic E-state index is 13.0. The van der Waals surface area contributed by atoms with E-state index in [2.05, 4.69) is 4.98 Å². The number of nitrogens with zero attached hydrogens (tertiary/aromatic N) is 2. The SMILES string of the molecule is NC1CCn2c1nc1ccc(F)cc1c2=O. The molecule has 0 bridgehead atoms. The Morgan fingerprint density at radius 2 is 2.31 bits per heavy atom. The van der Waals surface area contributed by atoms with Gasteiger partial charge in [-0.2, -0.15) is 0 Å². The molecule has 0 spiro atoms. The standard InChI is InChI=1S/C11H10FN3O/c12-6-1-2-9-7(5-6)11(16)15-4-3-8(13)10(15)14-9/h1-2,5,8H,3-4,13H2. The average molecular weight is 219 g/mol. The minimum Gasteiger partial charge on any atom is -0.321 e. The monoisotopic (exact) mass is 219 g/mol. The number of nitrogens with two attached hydrogens (primary N) is 1. The highest BCUT2D eigenvalue weighted by Gasteiger charge is 2.22.